The monoisotopic (exact) mass is 255 g/mol. The van der Waals surface area contributed by atoms with Gasteiger partial charge in [0.25, 0.3) is 0 Å². The third kappa shape index (κ3) is 2.83. The van der Waals surface area contributed by atoms with Crippen molar-refractivity contribution in [1.29, 1.82) is 0 Å². The van der Waals surface area contributed by atoms with E-state index in [1.807, 2.05) is 6.92 Å². The van der Waals surface area contributed by atoms with Gasteiger partial charge >= 0.3 is 0 Å². The lowest BCUT2D eigenvalue weighted by atomic mass is 10.2. The first-order valence-corrected chi connectivity index (χ1v) is 5.07. The summed E-state index contributed by atoms with van der Waals surface area (Å²) in [5, 5.41) is 3.02. The molecule has 1 nitrogen and oxygen atoms in total. The molecule has 74 valence electrons. The van der Waals surface area contributed by atoms with Gasteiger partial charge < -0.3 is 0 Å². The van der Waals surface area contributed by atoms with Gasteiger partial charge in [0, 0.05) is 16.6 Å². The number of halogens is 2. The predicted octanol–water partition coefficient (Wildman–Crippen LogP) is 2.70. The Labute approximate surface area is 91.8 Å². The van der Waals surface area contributed by atoms with Gasteiger partial charge in [0.2, 0.25) is 0 Å². The number of benzene rings is 1. The molecule has 3 heteroatoms. The number of terminal acetylenes is 1. The molecule has 0 spiro atoms. The summed E-state index contributed by atoms with van der Waals surface area (Å²) >= 11 is 3.29. The maximum absolute atomic E-state index is 13.3. The van der Waals surface area contributed by atoms with E-state index in [-0.39, 0.29) is 11.9 Å². The van der Waals surface area contributed by atoms with Crippen LogP contribution in [0.25, 0.3) is 0 Å². The van der Waals surface area contributed by atoms with E-state index in [0.717, 1.165) is 4.47 Å². The molecule has 1 unspecified atom stereocenters. The molecule has 0 saturated carbocycles. The summed E-state index contributed by atoms with van der Waals surface area (Å²) in [4.78, 5) is 0. The molecule has 0 fully saturated rings. The summed E-state index contributed by atoms with van der Waals surface area (Å²) in [7, 11) is 0. The van der Waals surface area contributed by atoms with Gasteiger partial charge in [-0.25, -0.2) is 4.39 Å². The van der Waals surface area contributed by atoms with Crippen LogP contribution < -0.4 is 5.32 Å². The number of hydrogen-bond acceptors (Lipinski definition) is 1. The third-order valence-electron chi connectivity index (χ3n) is 1.90. The minimum atomic E-state index is -0.226. The number of nitrogens with one attached hydrogen (secondary N) is 1. The first kappa shape index (κ1) is 11.2. The summed E-state index contributed by atoms with van der Waals surface area (Å²) in [6.45, 7) is 2.29. The van der Waals surface area contributed by atoms with Crippen molar-refractivity contribution in [2.45, 2.75) is 19.5 Å². The average Bonchev–Trinajstić information content (AvgIpc) is 2.16. The molecule has 1 rings (SSSR count). The Morgan fingerprint density at radius 3 is 2.93 bits per heavy atom. The zero-order chi connectivity index (χ0) is 10.6. The van der Waals surface area contributed by atoms with Gasteiger partial charge in [-0.3, -0.25) is 5.32 Å². The Kier molecular flexibility index (Phi) is 4.12. The van der Waals surface area contributed by atoms with Crippen LogP contribution in [0.3, 0.4) is 0 Å². The molecule has 0 aromatic heterocycles. The van der Waals surface area contributed by atoms with Gasteiger partial charge in [0.05, 0.1) is 6.04 Å². The molecule has 1 atom stereocenters. The fraction of sp³-hybridized carbons (Fsp3) is 0.273. The van der Waals surface area contributed by atoms with E-state index in [2.05, 4.69) is 27.2 Å². The maximum atomic E-state index is 13.3. The van der Waals surface area contributed by atoms with Crippen LogP contribution in [-0.4, -0.2) is 6.04 Å². The predicted molar refractivity (Wildman–Crippen MR) is 59.2 cm³/mol. The SMILES string of the molecule is C#CC(C)NCc1c(F)cccc1Br. The maximum Gasteiger partial charge on any atom is 0.128 e. The van der Waals surface area contributed by atoms with Crippen molar-refractivity contribution in [2.24, 2.45) is 0 Å². The van der Waals surface area contributed by atoms with Crippen LogP contribution in [-0.2, 0) is 6.54 Å². The Bertz CT molecular complexity index is 337. The van der Waals surface area contributed by atoms with Crippen molar-refractivity contribution < 1.29 is 4.39 Å². The number of rotatable bonds is 3. The topological polar surface area (TPSA) is 12.0 Å². The highest BCUT2D eigenvalue weighted by molar-refractivity contribution is 9.10. The average molecular weight is 256 g/mol. The van der Waals surface area contributed by atoms with Gasteiger partial charge in [0.1, 0.15) is 5.82 Å². The molecule has 0 amide bonds. The van der Waals surface area contributed by atoms with Crippen molar-refractivity contribution in [1.82, 2.24) is 5.32 Å². The molecule has 0 saturated heterocycles. The van der Waals surface area contributed by atoms with Crippen LogP contribution in [0.15, 0.2) is 22.7 Å². The lowest BCUT2D eigenvalue weighted by molar-refractivity contribution is 0.576. The van der Waals surface area contributed by atoms with E-state index in [9.17, 15) is 4.39 Å². The van der Waals surface area contributed by atoms with Gasteiger partial charge in [-0.1, -0.05) is 27.9 Å². The van der Waals surface area contributed by atoms with Crippen LogP contribution in [0.5, 0.6) is 0 Å². The first-order valence-electron chi connectivity index (χ1n) is 4.27. The zero-order valence-corrected chi connectivity index (χ0v) is 9.44. The second-order valence-corrected chi connectivity index (χ2v) is 3.82. The van der Waals surface area contributed by atoms with Crippen LogP contribution in [0, 0.1) is 18.2 Å². The molecular formula is C11H11BrFN. The molecule has 1 aromatic carbocycles. The Morgan fingerprint density at radius 1 is 1.64 bits per heavy atom. The zero-order valence-electron chi connectivity index (χ0n) is 7.85. The highest BCUT2D eigenvalue weighted by Crippen LogP contribution is 2.19. The van der Waals surface area contributed by atoms with Crippen LogP contribution in [0.1, 0.15) is 12.5 Å². The van der Waals surface area contributed by atoms with Crippen molar-refractivity contribution >= 4 is 15.9 Å². The molecule has 0 radical (unpaired) electrons. The quantitative estimate of drug-likeness (QED) is 0.820. The fourth-order valence-corrected chi connectivity index (χ4v) is 1.50. The summed E-state index contributed by atoms with van der Waals surface area (Å²) in [5.41, 5.74) is 0.606. The number of hydrogen-bond donors (Lipinski definition) is 1. The smallest absolute Gasteiger partial charge is 0.128 e. The third-order valence-corrected chi connectivity index (χ3v) is 2.64. The van der Waals surface area contributed by atoms with Gasteiger partial charge in [-0.2, -0.15) is 0 Å². The van der Waals surface area contributed by atoms with E-state index in [4.69, 9.17) is 6.42 Å². The molecular weight excluding hydrogens is 245 g/mol. The van der Waals surface area contributed by atoms with Gasteiger partial charge in [0.15, 0.2) is 0 Å². The lowest BCUT2D eigenvalue weighted by Gasteiger charge is -2.09. The van der Waals surface area contributed by atoms with Crippen LogP contribution >= 0.6 is 15.9 Å². The van der Waals surface area contributed by atoms with Crippen molar-refractivity contribution in [3.63, 3.8) is 0 Å². The second-order valence-electron chi connectivity index (χ2n) is 2.97. The molecule has 0 aliphatic rings. The molecule has 0 aliphatic carbocycles. The summed E-state index contributed by atoms with van der Waals surface area (Å²) in [6, 6.07) is 4.85. The molecule has 1 N–H and O–H groups in total. The van der Waals surface area contributed by atoms with E-state index >= 15 is 0 Å². The summed E-state index contributed by atoms with van der Waals surface area (Å²) < 4.78 is 14.0. The summed E-state index contributed by atoms with van der Waals surface area (Å²) in [6.07, 6.45) is 5.19. The van der Waals surface area contributed by atoms with Gasteiger partial charge in [-0.15, -0.1) is 6.42 Å². The minimum absolute atomic E-state index is 0.0542. The standard InChI is InChI=1S/C11H11BrFN/c1-3-8(2)14-7-9-10(12)5-4-6-11(9)13/h1,4-6,8,14H,7H2,2H3. The molecule has 0 heterocycles. The van der Waals surface area contributed by atoms with Crippen molar-refractivity contribution in [3.05, 3.63) is 34.1 Å². The van der Waals surface area contributed by atoms with E-state index in [1.54, 1.807) is 12.1 Å². The van der Waals surface area contributed by atoms with Crippen LogP contribution in [0.2, 0.25) is 0 Å². The highest BCUT2D eigenvalue weighted by Gasteiger charge is 2.06. The van der Waals surface area contributed by atoms with Gasteiger partial charge in [-0.05, 0) is 19.1 Å². The molecule has 0 aliphatic heterocycles. The molecule has 1 aromatic rings. The largest absolute Gasteiger partial charge is 0.300 e. The fourth-order valence-electron chi connectivity index (χ4n) is 1.02. The van der Waals surface area contributed by atoms with Crippen molar-refractivity contribution in [2.75, 3.05) is 0 Å². The first-order chi connectivity index (χ1) is 6.65. The van der Waals surface area contributed by atoms with E-state index < -0.39 is 0 Å². The Morgan fingerprint density at radius 2 is 2.36 bits per heavy atom. The Balaban J connectivity index is 2.72. The van der Waals surface area contributed by atoms with Crippen LogP contribution in [0.4, 0.5) is 4.39 Å². The highest BCUT2D eigenvalue weighted by atomic mass is 79.9. The normalized spacial score (nSPS) is 12.1. The molecule has 0 bridgehead atoms. The Hall–Kier alpha value is -0.850. The second kappa shape index (κ2) is 5.14. The summed E-state index contributed by atoms with van der Waals surface area (Å²) in [5.74, 6) is 2.30. The lowest BCUT2D eigenvalue weighted by Crippen LogP contribution is -2.24. The van der Waals surface area contributed by atoms with E-state index in [1.165, 1.54) is 6.07 Å². The molecule has 14 heavy (non-hydrogen) atoms. The minimum Gasteiger partial charge on any atom is -0.300 e. The van der Waals surface area contributed by atoms with Crippen molar-refractivity contribution in [3.8, 4) is 12.3 Å². The van der Waals surface area contributed by atoms with E-state index in [0.29, 0.717) is 12.1 Å².